The number of benzene rings is 7. The zero-order valence-corrected chi connectivity index (χ0v) is 36.3. The molecule has 0 bridgehead atoms. The average molecular weight is 789 g/mol. The molecule has 58 heavy (non-hydrogen) atoms. The molecule has 2 heterocycles. The summed E-state index contributed by atoms with van der Waals surface area (Å²) >= 11 is 3.83. The van der Waals surface area contributed by atoms with E-state index in [0.717, 1.165) is 6.42 Å². The van der Waals surface area contributed by atoms with Crippen LogP contribution >= 0.6 is 23.1 Å². The van der Waals surface area contributed by atoms with Gasteiger partial charge in [-0.05, 0) is 190 Å². The van der Waals surface area contributed by atoms with E-state index < -0.39 is 0 Å². The molecule has 7 aromatic carbocycles. The van der Waals surface area contributed by atoms with Crippen LogP contribution in [0.15, 0.2) is 148 Å². The number of thiophene rings is 1. The van der Waals surface area contributed by atoms with Crippen LogP contribution in [0.25, 0.3) is 42.1 Å². The first-order valence-corrected chi connectivity index (χ1v) is 22.1. The Labute approximate surface area is 351 Å². The first kappa shape index (κ1) is 36.8. The molecular weight excluding hydrogens is 741 g/mol. The number of anilines is 5. The number of nitrogens with zero attached hydrogens (tertiary/aromatic N) is 2. The van der Waals surface area contributed by atoms with Gasteiger partial charge in [-0.25, -0.2) is 0 Å². The Kier molecular flexibility index (Phi) is 8.92. The molecule has 1 atom stereocenters. The van der Waals surface area contributed by atoms with Crippen molar-refractivity contribution in [3.8, 4) is 11.1 Å². The Morgan fingerprint density at radius 2 is 1.07 bits per heavy atom. The first-order chi connectivity index (χ1) is 27.9. The molecule has 4 heteroatoms. The minimum Gasteiger partial charge on any atom is -0.314 e. The van der Waals surface area contributed by atoms with Gasteiger partial charge >= 0.3 is 0 Å². The van der Waals surface area contributed by atoms with Gasteiger partial charge in [0, 0.05) is 69.5 Å². The van der Waals surface area contributed by atoms with Crippen molar-refractivity contribution < 1.29 is 0 Å². The molecular formula is C54H48N2S2. The van der Waals surface area contributed by atoms with E-state index in [2.05, 4.69) is 193 Å². The Hall–Kier alpha value is -5.55. The van der Waals surface area contributed by atoms with Crippen LogP contribution in [0.5, 0.6) is 0 Å². The summed E-state index contributed by atoms with van der Waals surface area (Å²) in [6.07, 6.45) is 5.79. The van der Waals surface area contributed by atoms with Crippen molar-refractivity contribution in [2.45, 2.75) is 71.6 Å². The molecule has 286 valence electrons. The molecule has 0 radical (unpaired) electrons. The van der Waals surface area contributed by atoms with Crippen LogP contribution in [0.3, 0.4) is 0 Å². The number of hydrogen-bond acceptors (Lipinski definition) is 4. The zero-order valence-electron chi connectivity index (χ0n) is 34.6. The summed E-state index contributed by atoms with van der Waals surface area (Å²) in [5, 5.41) is 5.41. The average Bonchev–Trinajstić information content (AvgIpc) is 3.51. The normalized spacial score (nSPS) is 14.8. The summed E-state index contributed by atoms with van der Waals surface area (Å²) in [6.45, 7) is 17.8. The summed E-state index contributed by atoms with van der Waals surface area (Å²) in [5.41, 5.74) is 19.0. The lowest BCUT2D eigenvalue weighted by atomic mass is 9.93. The molecule has 10 rings (SSSR count). The lowest BCUT2D eigenvalue weighted by Gasteiger charge is -2.32. The van der Waals surface area contributed by atoms with Crippen LogP contribution in [0.2, 0.25) is 0 Å². The Bertz CT molecular complexity index is 2960. The van der Waals surface area contributed by atoms with Gasteiger partial charge in [0.05, 0.1) is 0 Å². The summed E-state index contributed by atoms with van der Waals surface area (Å²) in [5.74, 6) is 0.494. The lowest BCUT2D eigenvalue weighted by molar-refractivity contribution is 0.689. The number of rotatable bonds is 6. The van der Waals surface area contributed by atoms with E-state index in [-0.39, 0.29) is 0 Å². The highest BCUT2D eigenvalue weighted by atomic mass is 32.2. The van der Waals surface area contributed by atoms with Crippen molar-refractivity contribution in [3.63, 3.8) is 0 Å². The van der Waals surface area contributed by atoms with Crippen LogP contribution in [0, 0.1) is 47.5 Å². The molecule has 8 aromatic rings. The predicted octanol–water partition coefficient (Wildman–Crippen LogP) is 16.7. The smallest absolute Gasteiger partial charge is 0.0473 e. The highest BCUT2D eigenvalue weighted by molar-refractivity contribution is 7.99. The van der Waals surface area contributed by atoms with E-state index in [4.69, 9.17) is 0 Å². The molecule has 1 aliphatic carbocycles. The van der Waals surface area contributed by atoms with Gasteiger partial charge in [0.2, 0.25) is 0 Å². The molecule has 2 aliphatic rings. The number of aryl methyl sites for hydroxylation is 6. The van der Waals surface area contributed by atoms with Crippen molar-refractivity contribution in [3.05, 3.63) is 172 Å². The SMILES string of the molecule is CC1=CC(C)CC(N(c2cc(C)cc(C)c2)c2ccc3c(c2)sc2cc4c5c(cccc5c23)Sc2cc(N(c3cc(C)cc(C)c3)c3cc(C)cc(C)c3)ccc2-4)=C1. The maximum atomic E-state index is 2.51. The predicted molar refractivity (Wildman–Crippen MR) is 254 cm³/mol. The maximum Gasteiger partial charge on any atom is 0.0473 e. The highest BCUT2D eigenvalue weighted by Crippen LogP contribution is 2.54. The third kappa shape index (κ3) is 6.44. The molecule has 1 aliphatic heterocycles. The van der Waals surface area contributed by atoms with Crippen LogP contribution in [0.1, 0.15) is 53.6 Å². The molecule has 0 spiro atoms. The number of hydrogen-bond donors (Lipinski definition) is 0. The van der Waals surface area contributed by atoms with Crippen molar-refractivity contribution in [1.29, 1.82) is 0 Å². The summed E-state index contributed by atoms with van der Waals surface area (Å²) < 4.78 is 2.66. The molecule has 0 N–H and O–H groups in total. The van der Waals surface area contributed by atoms with Gasteiger partial charge in [0.1, 0.15) is 0 Å². The van der Waals surface area contributed by atoms with Crippen LogP contribution in [-0.2, 0) is 0 Å². The van der Waals surface area contributed by atoms with Crippen molar-refractivity contribution >= 4 is 82.5 Å². The number of allylic oxidation sites excluding steroid dienone is 4. The molecule has 0 amide bonds. The maximum absolute atomic E-state index is 2.51. The van der Waals surface area contributed by atoms with Crippen LogP contribution < -0.4 is 9.80 Å². The second-order valence-corrected chi connectivity index (χ2v) is 19.1. The van der Waals surface area contributed by atoms with E-state index in [1.165, 1.54) is 125 Å². The van der Waals surface area contributed by atoms with E-state index in [0.29, 0.717) is 5.92 Å². The summed E-state index contributed by atoms with van der Waals surface area (Å²) in [4.78, 5) is 7.56. The van der Waals surface area contributed by atoms with E-state index in [9.17, 15) is 0 Å². The summed E-state index contributed by atoms with van der Waals surface area (Å²) in [7, 11) is 0. The largest absolute Gasteiger partial charge is 0.314 e. The van der Waals surface area contributed by atoms with E-state index in [1.807, 2.05) is 23.1 Å². The molecule has 1 unspecified atom stereocenters. The Morgan fingerprint density at radius 1 is 0.483 bits per heavy atom. The molecule has 0 fully saturated rings. The lowest BCUT2D eigenvalue weighted by Crippen LogP contribution is -2.20. The molecule has 1 aromatic heterocycles. The van der Waals surface area contributed by atoms with Gasteiger partial charge in [-0.2, -0.15) is 0 Å². The van der Waals surface area contributed by atoms with Crippen molar-refractivity contribution in [2.75, 3.05) is 9.80 Å². The van der Waals surface area contributed by atoms with Gasteiger partial charge < -0.3 is 9.80 Å². The fourth-order valence-electron chi connectivity index (χ4n) is 9.75. The summed E-state index contributed by atoms with van der Waals surface area (Å²) in [6, 6.07) is 44.4. The second-order valence-electron chi connectivity index (χ2n) is 17.0. The van der Waals surface area contributed by atoms with Gasteiger partial charge in [-0.3, -0.25) is 0 Å². The second kappa shape index (κ2) is 14.1. The van der Waals surface area contributed by atoms with E-state index in [1.54, 1.807) is 0 Å². The topological polar surface area (TPSA) is 6.48 Å². The van der Waals surface area contributed by atoms with Crippen molar-refractivity contribution in [1.82, 2.24) is 0 Å². The fraction of sp³-hybridized carbons (Fsp3) is 0.185. The van der Waals surface area contributed by atoms with Crippen molar-refractivity contribution in [2.24, 2.45) is 5.92 Å². The number of fused-ring (bicyclic) bond motifs is 6. The monoisotopic (exact) mass is 788 g/mol. The van der Waals surface area contributed by atoms with E-state index >= 15 is 0 Å². The van der Waals surface area contributed by atoms with Crippen LogP contribution in [0.4, 0.5) is 28.4 Å². The quantitative estimate of drug-likeness (QED) is 0.166. The Balaban J connectivity index is 1.13. The molecule has 0 saturated carbocycles. The third-order valence-electron chi connectivity index (χ3n) is 11.7. The minimum absolute atomic E-state index is 0.494. The van der Waals surface area contributed by atoms with Gasteiger partial charge in [-0.1, -0.05) is 72.8 Å². The first-order valence-electron chi connectivity index (χ1n) is 20.4. The minimum atomic E-state index is 0.494. The zero-order chi connectivity index (χ0) is 40.0. The standard InChI is InChI=1S/C54H48N2S2/c1-31-16-32(2)21-41(20-31)55(42-22-33(3)17-34(4)23-42)39-12-14-45-48-30-52-53(47-10-9-11-49(54(47)48)57-50(45)28-39)46-15-13-40(29-51(46)58-52)56(43-24-35(5)18-36(6)25-43)44-26-37(7)19-38(8)27-44/h9-26,28-30,38H,27H2,1-8H3. The van der Waals surface area contributed by atoms with Gasteiger partial charge in [-0.15, -0.1) is 11.3 Å². The van der Waals surface area contributed by atoms with Gasteiger partial charge in [0.25, 0.3) is 0 Å². The molecule has 2 nitrogen and oxygen atoms in total. The van der Waals surface area contributed by atoms with Gasteiger partial charge in [0.15, 0.2) is 0 Å². The van der Waals surface area contributed by atoms with Crippen LogP contribution in [-0.4, -0.2) is 0 Å². The molecule has 0 saturated heterocycles. The third-order valence-corrected chi connectivity index (χ3v) is 13.9. The Morgan fingerprint density at radius 3 is 1.69 bits per heavy atom. The highest BCUT2D eigenvalue weighted by Gasteiger charge is 2.26. The fourth-order valence-corrected chi connectivity index (χ4v) is 12.1.